The van der Waals surface area contributed by atoms with Gasteiger partial charge >= 0.3 is 0 Å². The van der Waals surface area contributed by atoms with E-state index in [4.69, 9.17) is 11.6 Å². The molecule has 5 nitrogen and oxygen atoms in total. The average molecular weight is 545 g/mol. The third-order valence-electron chi connectivity index (χ3n) is 6.13. The van der Waals surface area contributed by atoms with Crippen molar-refractivity contribution in [2.45, 2.75) is 57.4 Å². The predicted octanol–water partition coefficient (Wildman–Crippen LogP) is 6.50. The molecule has 8 heteroatoms. The van der Waals surface area contributed by atoms with Gasteiger partial charge in [0.1, 0.15) is 5.82 Å². The molecule has 0 saturated heterocycles. The monoisotopic (exact) mass is 544 g/mol. The van der Waals surface area contributed by atoms with Crippen LogP contribution in [-0.4, -0.2) is 33.3 Å². The Labute approximate surface area is 224 Å². The van der Waals surface area contributed by atoms with Gasteiger partial charge in [0.15, 0.2) is 0 Å². The standard InChI is InChI=1S/C29H34ClFN2O3S/c1-18(2)24-13-22(21-9-12-27(30)28(31)15-21)14-25(19(3)4)26(24)16-29(34)32-37(35,36)23-10-7-20(8-11-23)17-33(5)6/h7-15,18-19H,16-17H2,1-6H3,(H,32,34). The number of nitrogens with one attached hydrogen (secondary N) is 1. The van der Waals surface area contributed by atoms with Gasteiger partial charge in [-0.05, 0) is 83.6 Å². The molecule has 198 valence electrons. The maximum atomic E-state index is 14.2. The maximum absolute atomic E-state index is 14.2. The minimum Gasteiger partial charge on any atom is -0.305 e. The van der Waals surface area contributed by atoms with Crippen molar-refractivity contribution < 1.29 is 17.6 Å². The molecule has 0 aliphatic heterocycles. The predicted molar refractivity (Wildman–Crippen MR) is 148 cm³/mol. The molecule has 1 N–H and O–H groups in total. The molecule has 3 aromatic rings. The topological polar surface area (TPSA) is 66.5 Å². The summed E-state index contributed by atoms with van der Waals surface area (Å²) in [7, 11) is -0.153. The summed E-state index contributed by atoms with van der Waals surface area (Å²) in [5.74, 6) is -0.997. The highest BCUT2D eigenvalue weighted by molar-refractivity contribution is 7.90. The lowest BCUT2D eigenvalue weighted by Gasteiger charge is -2.22. The summed E-state index contributed by atoms with van der Waals surface area (Å²) in [5.41, 5.74) is 5.09. The van der Waals surface area contributed by atoms with Crippen molar-refractivity contribution in [3.05, 3.63) is 87.7 Å². The number of sulfonamides is 1. The molecule has 0 aliphatic carbocycles. The number of hydrogen-bond acceptors (Lipinski definition) is 4. The molecule has 0 saturated carbocycles. The summed E-state index contributed by atoms with van der Waals surface area (Å²) >= 11 is 5.87. The van der Waals surface area contributed by atoms with E-state index in [1.54, 1.807) is 18.2 Å². The normalized spacial score (nSPS) is 12.0. The highest BCUT2D eigenvalue weighted by Crippen LogP contribution is 2.35. The van der Waals surface area contributed by atoms with E-state index in [-0.39, 0.29) is 28.2 Å². The summed E-state index contributed by atoms with van der Waals surface area (Å²) in [6.45, 7) is 8.73. The van der Waals surface area contributed by atoms with Gasteiger partial charge in [-0.3, -0.25) is 4.79 Å². The first-order valence-electron chi connectivity index (χ1n) is 12.2. The molecule has 0 aromatic heterocycles. The second kappa shape index (κ2) is 11.8. The van der Waals surface area contributed by atoms with Crippen LogP contribution in [0.1, 0.15) is 61.8 Å². The molecule has 0 radical (unpaired) electrons. The molecule has 0 heterocycles. The number of hydrogen-bond donors (Lipinski definition) is 1. The van der Waals surface area contributed by atoms with Crippen molar-refractivity contribution in [3.63, 3.8) is 0 Å². The first kappa shape index (κ1) is 28.8. The van der Waals surface area contributed by atoms with Gasteiger partial charge < -0.3 is 4.90 Å². The fraction of sp³-hybridized carbons (Fsp3) is 0.345. The van der Waals surface area contributed by atoms with Gasteiger partial charge in [-0.2, -0.15) is 0 Å². The van der Waals surface area contributed by atoms with Crippen molar-refractivity contribution in [1.29, 1.82) is 0 Å². The molecule has 0 unspecified atom stereocenters. The minimum atomic E-state index is -4.02. The van der Waals surface area contributed by atoms with Crippen molar-refractivity contribution in [2.75, 3.05) is 14.1 Å². The van der Waals surface area contributed by atoms with E-state index in [2.05, 4.69) is 4.72 Å². The van der Waals surface area contributed by atoms with Crippen LogP contribution in [0, 0.1) is 5.82 Å². The van der Waals surface area contributed by atoms with Crippen LogP contribution >= 0.6 is 11.6 Å². The summed E-state index contributed by atoms with van der Waals surface area (Å²) in [4.78, 5) is 15.1. The third kappa shape index (κ3) is 7.18. The van der Waals surface area contributed by atoms with Crippen LogP contribution in [0.25, 0.3) is 11.1 Å². The quantitative estimate of drug-likeness (QED) is 0.334. The van der Waals surface area contributed by atoms with E-state index in [0.717, 1.165) is 27.8 Å². The van der Waals surface area contributed by atoms with E-state index in [9.17, 15) is 17.6 Å². The van der Waals surface area contributed by atoms with E-state index in [0.29, 0.717) is 12.1 Å². The zero-order valence-corrected chi connectivity index (χ0v) is 23.7. The molecule has 1 amide bonds. The van der Waals surface area contributed by atoms with Crippen LogP contribution in [0.4, 0.5) is 4.39 Å². The van der Waals surface area contributed by atoms with Gasteiger partial charge in [0.05, 0.1) is 16.3 Å². The molecule has 0 atom stereocenters. The van der Waals surface area contributed by atoms with Gasteiger partial charge in [-0.15, -0.1) is 0 Å². The zero-order valence-electron chi connectivity index (χ0n) is 22.1. The number of carbonyl (C=O) groups is 1. The van der Waals surface area contributed by atoms with E-state index < -0.39 is 21.7 Å². The molecule has 3 aromatic carbocycles. The number of nitrogens with zero attached hydrogens (tertiary/aromatic N) is 1. The van der Waals surface area contributed by atoms with Crippen LogP contribution in [0.15, 0.2) is 59.5 Å². The fourth-order valence-electron chi connectivity index (χ4n) is 4.34. The fourth-order valence-corrected chi connectivity index (χ4v) is 5.44. The van der Waals surface area contributed by atoms with Crippen molar-refractivity contribution >= 4 is 27.5 Å². The van der Waals surface area contributed by atoms with Crippen LogP contribution in [0.5, 0.6) is 0 Å². The minimum absolute atomic E-state index is 0.0386. The van der Waals surface area contributed by atoms with Gasteiger partial charge in [0.2, 0.25) is 5.91 Å². The van der Waals surface area contributed by atoms with Crippen LogP contribution < -0.4 is 4.72 Å². The highest BCUT2D eigenvalue weighted by Gasteiger charge is 2.23. The molecule has 37 heavy (non-hydrogen) atoms. The van der Waals surface area contributed by atoms with E-state index >= 15 is 0 Å². The van der Waals surface area contributed by atoms with Gasteiger partial charge in [0, 0.05) is 6.54 Å². The Balaban J connectivity index is 1.93. The summed E-state index contributed by atoms with van der Waals surface area (Å²) in [5, 5.41) is 0.0544. The SMILES string of the molecule is CC(C)c1cc(-c2ccc(Cl)c(F)c2)cc(C(C)C)c1CC(=O)NS(=O)(=O)c1ccc(CN(C)C)cc1. The molecule has 0 bridgehead atoms. The second-order valence-electron chi connectivity index (χ2n) is 10.2. The Morgan fingerprint density at radius 1 is 0.919 bits per heavy atom. The summed E-state index contributed by atoms with van der Waals surface area (Å²) < 4.78 is 42.2. The molecule has 0 fully saturated rings. The third-order valence-corrected chi connectivity index (χ3v) is 7.83. The zero-order chi connectivity index (χ0) is 27.5. The van der Waals surface area contributed by atoms with E-state index in [1.807, 2.05) is 58.8 Å². The number of halogens is 2. The number of rotatable bonds is 9. The molecule has 0 spiro atoms. The van der Waals surface area contributed by atoms with Gasteiger partial charge in [-0.1, -0.05) is 69.6 Å². The molecular formula is C29H34ClFN2O3S. The Morgan fingerprint density at radius 2 is 1.49 bits per heavy atom. The van der Waals surface area contributed by atoms with Crippen LogP contribution in [0.2, 0.25) is 5.02 Å². The van der Waals surface area contributed by atoms with Crippen molar-refractivity contribution in [3.8, 4) is 11.1 Å². The Morgan fingerprint density at radius 3 is 1.97 bits per heavy atom. The number of carbonyl (C=O) groups excluding carboxylic acids is 1. The lowest BCUT2D eigenvalue weighted by Crippen LogP contribution is -2.32. The Bertz CT molecular complexity index is 1360. The maximum Gasteiger partial charge on any atom is 0.264 e. The van der Waals surface area contributed by atoms with Crippen LogP contribution in [0.3, 0.4) is 0 Å². The lowest BCUT2D eigenvalue weighted by atomic mass is 9.84. The van der Waals surface area contributed by atoms with Crippen LogP contribution in [-0.2, 0) is 27.8 Å². The van der Waals surface area contributed by atoms with Gasteiger partial charge in [-0.25, -0.2) is 17.5 Å². The van der Waals surface area contributed by atoms with Crippen molar-refractivity contribution in [2.24, 2.45) is 0 Å². The number of benzene rings is 3. The summed E-state index contributed by atoms with van der Waals surface area (Å²) in [6.07, 6.45) is -0.0891. The Hall–Kier alpha value is -2.74. The average Bonchev–Trinajstić information content (AvgIpc) is 2.80. The lowest BCUT2D eigenvalue weighted by molar-refractivity contribution is -0.118. The van der Waals surface area contributed by atoms with E-state index in [1.165, 1.54) is 24.3 Å². The first-order valence-corrected chi connectivity index (χ1v) is 14.1. The molecule has 3 rings (SSSR count). The Kier molecular flexibility index (Phi) is 9.16. The highest BCUT2D eigenvalue weighted by atomic mass is 35.5. The summed E-state index contributed by atoms with van der Waals surface area (Å²) in [6, 6.07) is 15.1. The molecular weight excluding hydrogens is 511 g/mol. The largest absolute Gasteiger partial charge is 0.305 e. The van der Waals surface area contributed by atoms with Crippen molar-refractivity contribution in [1.82, 2.24) is 9.62 Å². The smallest absolute Gasteiger partial charge is 0.264 e. The first-order chi connectivity index (χ1) is 17.3. The van der Waals surface area contributed by atoms with Gasteiger partial charge in [0.25, 0.3) is 10.0 Å². The number of amides is 1. The molecule has 0 aliphatic rings. The second-order valence-corrected chi connectivity index (χ2v) is 12.2.